The minimum atomic E-state index is -0.909. The number of fused-ring (bicyclic) bond motifs is 1. The zero-order valence-electron chi connectivity index (χ0n) is 20.1. The van der Waals surface area contributed by atoms with E-state index in [4.69, 9.17) is 9.47 Å². The normalized spacial score (nSPS) is 20.8. The Kier molecular flexibility index (Phi) is 6.50. The fraction of sp³-hybridized carbons (Fsp3) is 0.444. The average Bonchev–Trinajstić information content (AvgIpc) is 3.27. The molecule has 176 valence electrons. The van der Waals surface area contributed by atoms with Gasteiger partial charge in [-0.2, -0.15) is 0 Å². The highest BCUT2D eigenvalue weighted by Gasteiger charge is 2.42. The number of aromatic nitrogens is 1. The lowest BCUT2D eigenvalue weighted by molar-refractivity contribution is -0.0753. The van der Waals surface area contributed by atoms with Crippen molar-refractivity contribution in [1.82, 2.24) is 9.88 Å². The highest BCUT2D eigenvalue weighted by atomic mass is 16.5. The van der Waals surface area contributed by atoms with Gasteiger partial charge in [-0.05, 0) is 75.9 Å². The first-order valence-electron chi connectivity index (χ1n) is 11.6. The topological polar surface area (TPSA) is 74.8 Å². The molecule has 0 unspecified atom stereocenters. The Bertz CT molecular complexity index is 1130. The summed E-state index contributed by atoms with van der Waals surface area (Å²) in [5.74, 6) is -0.0175. The fourth-order valence-corrected chi connectivity index (χ4v) is 5.36. The van der Waals surface area contributed by atoms with Crippen molar-refractivity contribution in [3.05, 3.63) is 64.8 Å². The Balaban J connectivity index is 1.78. The fourth-order valence-electron chi connectivity index (χ4n) is 5.36. The molecule has 3 aromatic rings. The first-order chi connectivity index (χ1) is 15.7. The van der Waals surface area contributed by atoms with Crippen LogP contribution >= 0.6 is 0 Å². The number of aromatic carboxylic acids is 1. The third-order valence-corrected chi connectivity index (χ3v) is 6.97. The molecule has 33 heavy (non-hydrogen) atoms. The maximum absolute atomic E-state index is 11.4. The second-order valence-corrected chi connectivity index (χ2v) is 9.54. The summed E-state index contributed by atoms with van der Waals surface area (Å²) in [7, 11) is 1.73. The number of carboxylic acids is 1. The number of nitrogens with one attached hydrogen (secondary N) is 1. The number of carbonyl (C=O) groups is 1. The number of hydrogen-bond donors (Lipinski definition) is 2. The lowest BCUT2D eigenvalue weighted by Crippen LogP contribution is -2.53. The van der Waals surface area contributed by atoms with Crippen LogP contribution in [0.5, 0.6) is 5.75 Å². The summed E-state index contributed by atoms with van der Waals surface area (Å²) >= 11 is 0. The van der Waals surface area contributed by atoms with Crippen molar-refractivity contribution >= 4 is 16.9 Å². The zero-order valence-corrected chi connectivity index (χ0v) is 20.1. The third-order valence-electron chi connectivity index (χ3n) is 6.97. The molecule has 2 N–H and O–H groups in total. The summed E-state index contributed by atoms with van der Waals surface area (Å²) in [4.78, 5) is 17.3. The van der Waals surface area contributed by atoms with Gasteiger partial charge in [0.15, 0.2) is 0 Å². The van der Waals surface area contributed by atoms with Gasteiger partial charge in [-0.1, -0.05) is 12.1 Å². The molecule has 1 aliphatic rings. The van der Waals surface area contributed by atoms with Gasteiger partial charge in [0.1, 0.15) is 5.75 Å². The second-order valence-electron chi connectivity index (χ2n) is 9.54. The van der Waals surface area contributed by atoms with Crippen molar-refractivity contribution in [2.75, 3.05) is 13.7 Å². The minimum absolute atomic E-state index is 0.0909. The van der Waals surface area contributed by atoms with E-state index in [0.29, 0.717) is 12.2 Å². The van der Waals surface area contributed by atoms with Crippen LogP contribution in [0.4, 0.5) is 0 Å². The highest BCUT2D eigenvalue weighted by molar-refractivity contribution is 5.88. The zero-order chi connectivity index (χ0) is 23.8. The molecule has 1 fully saturated rings. The Morgan fingerprint density at radius 2 is 1.97 bits per heavy atom. The maximum atomic E-state index is 11.4. The molecule has 0 saturated carbocycles. The largest absolute Gasteiger partial charge is 0.496 e. The predicted molar refractivity (Wildman–Crippen MR) is 130 cm³/mol. The number of aryl methyl sites for hydroxylation is 1. The lowest BCUT2D eigenvalue weighted by Gasteiger charge is -2.51. The Morgan fingerprint density at radius 3 is 2.61 bits per heavy atom. The first-order valence-corrected chi connectivity index (χ1v) is 11.6. The van der Waals surface area contributed by atoms with Crippen LogP contribution in [0.2, 0.25) is 0 Å². The number of likely N-dealkylation sites (tertiary alicyclic amines) is 1. The van der Waals surface area contributed by atoms with Crippen LogP contribution in [0.25, 0.3) is 10.9 Å². The number of hydrogen-bond acceptors (Lipinski definition) is 4. The predicted octanol–water partition coefficient (Wildman–Crippen LogP) is 5.70. The van der Waals surface area contributed by atoms with Gasteiger partial charge >= 0.3 is 5.97 Å². The van der Waals surface area contributed by atoms with Gasteiger partial charge in [-0.15, -0.1) is 0 Å². The molecule has 1 aromatic heterocycles. The second kappa shape index (κ2) is 9.20. The van der Waals surface area contributed by atoms with Gasteiger partial charge in [-0.3, -0.25) is 4.90 Å². The Morgan fingerprint density at radius 1 is 1.24 bits per heavy atom. The summed E-state index contributed by atoms with van der Waals surface area (Å²) < 4.78 is 11.9. The van der Waals surface area contributed by atoms with Crippen molar-refractivity contribution in [2.45, 2.75) is 64.8 Å². The molecular formula is C27H34N2O4. The van der Waals surface area contributed by atoms with Crippen molar-refractivity contribution < 1.29 is 19.4 Å². The van der Waals surface area contributed by atoms with Crippen LogP contribution in [0, 0.1) is 6.92 Å². The quantitative estimate of drug-likeness (QED) is 0.483. The smallest absolute Gasteiger partial charge is 0.335 e. The molecule has 0 bridgehead atoms. The van der Waals surface area contributed by atoms with Crippen LogP contribution in [0.15, 0.2) is 42.6 Å². The van der Waals surface area contributed by atoms with Gasteiger partial charge < -0.3 is 19.6 Å². The van der Waals surface area contributed by atoms with E-state index in [2.05, 4.69) is 42.8 Å². The van der Waals surface area contributed by atoms with E-state index >= 15 is 0 Å². The molecule has 2 heterocycles. The summed E-state index contributed by atoms with van der Waals surface area (Å²) in [5.41, 5.74) is 4.73. The van der Waals surface area contributed by atoms with Crippen LogP contribution in [0.3, 0.4) is 0 Å². The van der Waals surface area contributed by atoms with Crippen LogP contribution in [-0.2, 0) is 11.3 Å². The number of nitrogens with zero attached hydrogens (tertiary/aromatic N) is 1. The number of methoxy groups -OCH3 is 1. The summed E-state index contributed by atoms with van der Waals surface area (Å²) in [6.45, 7) is 10.1. The molecule has 4 rings (SSSR count). The number of aromatic amines is 1. The van der Waals surface area contributed by atoms with E-state index in [9.17, 15) is 9.90 Å². The molecule has 2 atom stereocenters. The maximum Gasteiger partial charge on any atom is 0.335 e. The van der Waals surface area contributed by atoms with Gasteiger partial charge in [0.25, 0.3) is 0 Å². The lowest BCUT2D eigenvalue weighted by atomic mass is 9.81. The van der Waals surface area contributed by atoms with Gasteiger partial charge in [-0.25, -0.2) is 4.79 Å². The molecule has 1 saturated heterocycles. The number of piperidine rings is 1. The van der Waals surface area contributed by atoms with E-state index < -0.39 is 5.97 Å². The van der Waals surface area contributed by atoms with Gasteiger partial charge in [0.2, 0.25) is 0 Å². The highest BCUT2D eigenvalue weighted by Crippen LogP contribution is 2.44. The average molecular weight is 451 g/mol. The van der Waals surface area contributed by atoms with E-state index in [1.54, 1.807) is 19.2 Å². The molecule has 0 radical (unpaired) electrons. The molecule has 0 spiro atoms. The monoisotopic (exact) mass is 450 g/mol. The number of H-pyrrole nitrogens is 1. The summed E-state index contributed by atoms with van der Waals surface area (Å²) in [5, 5.41) is 10.5. The third kappa shape index (κ3) is 4.50. The van der Waals surface area contributed by atoms with E-state index in [1.807, 2.05) is 25.3 Å². The molecule has 2 aromatic carbocycles. The van der Waals surface area contributed by atoms with Crippen LogP contribution < -0.4 is 4.74 Å². The van der Waals surface area contributed by atoms with Crippen molar-refractivity contribution in [2.24, 2.45) is 0 Å². The molecule has 1 aliphatic heterocycles. The van der Waals surface area contributed by atoms with E-state index in [0.717, 1.165) is 47.3 Å². The van der Waals surface area contributed by atoms with E-state index in [1.165, 1.54) is 5.39 Å². The van der Waals surface area contributed by atoms with Crippen molar-refractivity contribution in [3.8, 4) is 5.75 Å². The molecular weight excluding hydrogens is 416 g/mol. The van der Waals surface area contributed by atoms with Gasteiger partial charge in [0.05, 0.1) is 18.8 Å². The Labute approximate surface area is 195 Å². The standard InChI is InChI=1S/C27H34N2O4/c1-6-33-20-14-23(18-7-9-19(10-8-18)26(30)31)29(27(3,4)15-20)16-22-21-11-12-28-25(21)17(2)13-24(22)32-5/h7-13,20,23,28H,6,14-16H2,1-5H3,(H,30,31)/t20-,23-/m0/s1. The molecule has 6 nitrogen and oxygen atoms in total. The first kappa shape index (κ1) is 23.3. The van der Waals surface area contributed by atoms with Crippen molar-refractivity contribution in [1.29, 1.82) is 0 Å². The Hall–Kier alpha value is -2.83. The van der Waals surface area contributed by atoms with Crippen LogP contribution in [-0.4, -0.2) is 46.3 Å². The number of rotatable bonds is 7. The van der Waals surface area contributed by atoms with Crippen molar-refractivity contribution in [3.63, 3.8) is 0 Å². The summed E-state index contributed by atoms with van der Waals surface area (Å²) in [6, 6.07) is 11.6. The van der Waals surface area contributed by atoms with Crippen LogP contribution in [0.1, 0.15) is 66.7 Å². The van der Waals surface area contributed by atoms with E-state index in [-0.39, 0.29) is 17.7 Å². The minimum Gasteiger partial charge on any atom is -0.496 e. The molecule has 0 aliphatic carbocycles. The SMILES string of the molecule is CCO[C@H]1C[C@@H](c2ccc(C(=O)O)cc2)N(Cc2c(OC)cc(C)c3[nH]ccc23)C(C)(C)C1. The van der Waals surface area contributed by atoms with Gasteiger partial charge in [0, 0.05) is 47.4 Å². The number of carboxylic acid groups (broad SMARTS) is 1. The number of benzene rings is 2. The molecule has 0 amide bonds. The summed E-state index contributed by atoms with van der Waals surface area (Å²) in [6.07, 6.45) is 3.91. The molecule has 6 heteroatoms. The number of ether oxygens (including phenoxy) is 2.